The number of H-pyrrole nitrogens is 1. The molecule has 0 atom stereocenters. The summed E-state index contributed by atoms with van der Waals surface area (Å²) < 4.78 is 0. The molecule has 0 saturated carbocycles. The lowest BCUT2D eigenvalue weighted by Gasteiger charge is -2.01. The number of nitrogens with one attached hydrogen (secondary N) is 1. The van der Waals surface area contributed by atoms with Crippen molar-refractivity contribution in [3.05, 3.63) is 28.2 Å². The molecule has 0 aliphatic rings. The molecule has 0 aliphatic heterocycles. The molecule has 6 heteroatoms. The molecule has 0 bridgehead atoms. The second-order valence-corrected chi connectivity index (χ2v) is 3.45. The lowest BCUT2D eigenvalue weighted by Crippen LogP contribution is -1.86. The summed E-state index contributed by atoms with van der Waals surface area (Å²) >= 11 is 11.9. The fraction of sp³-hybridized carbons (Fsp3) is 0. The van der Waals surface area contributed by atoms with Crippen LogP contribution in [0.25, 0.3) is 11.4 Å². The summed E-state index contributed by atoms with van der Waals surface area (Å²) in [5.41, 5.74) is 5.99. The fourth-order valence-electron chi connectivity index (χ4n) is 1.11. The topological polar surface area (TPSA) is 67.6 Å². The van der Waals surface area contributed by atoms with Crippen molar-refractivity contribution in [2.24, 2.45) is 0 Å². The average molecular weight is 229 g/mol. The molecule has 2 rings (SSSR count). The maximum absolute atomic E-state index is 5.96. The molecule has 0 aliphatic carbocycles. The van der Waals surface area contributed by atoms with E-state index in [9.17, 15) is 0 Å². The minimum absolute atomic E-state index is 0.163. The van der Waals surface area contributed by atoms with E-state index < -0.39 is 0 Å². The summed E-state index contributed by atoms with van der Waals surface area (Å²) in [5.74, 6) is 0.633. The van der Waals surface area contributed by atoms with Gasteiger partial charge in [0.05, 0.1) is 15.6 Å². The van der Waals surface area contributed by atoms with Gasteiger partial charge in [0.2, 0.25) is 5.95 Å². The summed E-state index contributed by atoms with van der Waals surface area (Å²) in [5, 5.41) is 7.36. The van der Waals surface area contributed by atoms with Gasteiger partial charge in [-0.2, -0.15) is 4.98 Å². The Hall–Kier alpha value is -1.26. The average Bonchev–Trinajstić information content (AvgIpc) is 2.51. The normalized spacial score (nSPS) is 10.4. The van der Waals surface area contributed by atoms with Gasteiger partial charge in [-0.25, -0.2) is 0 Å². The Morgan fingerprint density at radius 3 is 2.36 bits per heavy atom. The summed E-state index contributed by atoms with van der Waals surface area (Å²) in [4.78, 5) is 3.94. The van der Waals surface area contributed by atoms with Crippen molar-refractivity contribution in [3.8, 4) is 11.4 Å². The zero-order valence-corrected chi connectivity index (χ0v) is 8.47. The van der Waals surface area contributed by atoms with Crippen molar-refractivity contribution >= 4 is 29.2 Å². The van der Waals surface area contributed by atoms with Crippen LogP contribution in [-0.2, 0) is 0 Å². The zero-order chi connectivity index (χ0) is 10.1. The second-order valence-electron chi connectivity index (χ2n) is 2.64. The highest BCUT2D eigenvalue weighted by Crippen LogP contribution is 2.32. The van der Waals surface area contributed by atoms with E-state index in [4.69, 9.17) is 28.9 Å². The third kappa shape index (κ3) is 1.54. The number of hydrogen-bond donors (Lipinski definition) is 2. The number of aromatic amines is 1. The van der Waals surface area contributed by atoms with Crippen molar-refractivity contribution in [3.63, 3.8) is 0 Å². The second kappa shape index (κ2) is 3.48. The van der Waals surface area contributed by atoms with E-state index in [1.165, 1.54) is 0 Å². The van der Waals surface area contributed by atoms with Crippen LogP contribution in [0, 0.1) is 0 Å². The van der Waals surface area contributed by atoms with Gasteiger partial charge in [-0.15, -0.1) is 5.10 Å². The summed E-state index contributed by atoms with van der Waals surface area (Å²) in [7, 11) is 0. The smallest absolute Gasteiger partial charge is 0.239 e. The summed E-state index contributed by atoms with van der Waals surface area (Å²) in [6, 6.07) is 5.21. The van der Waals surface area contributed by atoms with Gasteiger partial charge >= 0.3 is 0 Å². The number of rotatable bonds is 1. The zero-order valence-electron chi connectivity index (χ0n) is 6.96. The van der Waals surface area contributed by atoms with Gasteiger partial charge in [0.1, 0.15) is 0 Å². The molecular weight excluding hydrogens is 223 g/mol. The molecular formula is C8H6Cl2N4. The lowest BCUT2D eigenvalue weighted by molar-refractivity contribution is 1.10. The SMILES string of the molecule is Nc1n[nH]c(-c2c(Cl)cccc2Cl)n1. The van der Waals surface area contributed by atoms with Crippen LogP contribution >= 0.6 is 23.2 Å². The molecule has 1 heterocycles. The standard InChI is InChI=1S/C8H6Cl2N4/c9-4-2-1-3-5(10)6(4)7-12-8(11)14-13-7/h1-3H,(H3,11,12,13,14). The van der Waals surface area contributed by atoms with Gasteiger partial charge in [0.15, 0.2) is 5.82 Å². The first kappa shape index (κ1) is 9.30. The van der Waals surface area contributed by atoms with E-state index in [0.717, 1.165) is 0 Å². The molecule has 3 N–H and O–H groups in total. The quantitative estimate of drug-likeness (QED) is 0.788. The molecule has 0 saturated heterocycles. The molecule has 1 aromatic heterocycles. The number of nitrogen functional groups attached to an aromatic ring is 1. The number of nitrogens with zero attached hydrogens (tertiary/aromatic N) is 2. The Bertz CT molecular complexity index is 446. The molecule has 0 amide bonds. The largest absolute Gasteiger partial charge is 0.366 e. The minimum atomic E-state index is 0.163. The van der Waals surface area contributed by atoms with Crippen molar-refractivity contribution in [2.45, 2.75) is 0 Å². The Morgan fingerprint density at radius 1 is 1.21 bits per heavy atom. The number of nitrogens with two attached hydrogens (primary N) is 1. The van der Waals surface area contributed by atoms with Crippen molar-refractivity contribution < 1.29 is 0 Å². The molecule has 4 nitrogen and oxygen atoms in total. The molecule has 14 heavy (non-hydrogen) atoms. The first-order valence-electron chi connectivity index (χ1n) is 3.81. The maximum atomic E-state index is 5.96. The van der Waals surface area contributed by atoms with E-state index in [1.807, 2.05) is 0 Å². The Kier molecular flexibility index (Phi) is 2.31. The summed E-state index contributed by atoms with van der Waals surface area (Å²) in [6.07, 6.45) is 0. The predicted octanol–water partition coefficient (Wildman–Crippen LogP) is 2.36. The van der Waals surface area contributed by atoms with Gasteiger partial charge in [-0.1, -0.05) is 29.3 Å². The molecule has 0 radical (unpaired) electrons. The van der Waals surface area contributed by atoms with E-state index in [-0.39, 0.29) is 5.95 Å². The van der Waals surface area contributed by atoms with Gasteiger partial charge < -0.3 is 5.73 Å². The molecule has 0 unspecified atom stereocenters. The Labute approximate surface area is 90.1 Å². The number of anilines is 1. The van der Waals surface area contributed by atoms with Gasteiger partial charge in [-0.3, -0.25) is 5.10 Å². The lowest BCUT2D eigenvalue weighted by atomic mass is 10.2. The molecule has 2 aromatic rings. The number of halogens is 2. The van der Waals surface area contributed by atoms with Crippen LogP contribution in [0.1, 0.15) is 0 Å². The molecule has 1 aromatic carbocycles. The van der Waals surface area contributed by atoms with Crippen LogP contribution < -0.4 is 5.73 Å². The van der Waals surface area contributed by atoms with Crippen molar-refractivity contribution in [1.29, 1.82) is 0 Å². The Balaban J connectivity index is 2.61. The number of hydrogen-bond acceptors (Lipinski definition) is 3. The van der Waals surface area contributed by atoms with Crippen LogP contribution in [0.2, 0.25) is 10.0 Å². The highest BCUT2D eigenvalue weighted by atomic mass is 35.5. The monoisotopic (exact) mass is 228 g/mol. The van der Waals surface area contributed by atoms with Gasteiger partial charge in [0.25, 0.3) is 0 Å². The molecule has 72 valence electrons. The fourth-order valence-corrected chi connectivity index (χ4v) is 1.69. The first-order valence-corrected chi connectivity index (χ1v) is 4.56. The number of benzene rings is 1. The molecule has 0 spiro atoms. The van der Waals surface area contributed by atoms with Crippen molar-refractivity contribution in [2.75, 3.05) is 5.73 Å². The van der Waals surface area contributed by atoms with Gasteiger partial charge in [-0.05, 0) is 12.1 Å². The number of aromatic nitrogens is 3. The third-order valence-corrected chi connectivity index (χ3v) is 2.33. The highest BCUT2D eigenvalue weighted by Gasteiger charge is 2.11. The van der Waals surface area contributed by atoms with Gasteiger partial charge in [0, 0.05) is 0 Å². The van der Waals surface area contributed by atoms with Crippen LogP contribution in [0.15, 0.2) is 18.2 Å². The van der Waals surface area contributed by atoms with Crippen LogP contribution in [0.3, 0.4) is 0 Å². The Morgan fingerprint density at radius 2 is 1.86 bits per heavy atom. The van der Waals surface area contributed by atoms with E-state index in [0.29, 0.717) is 21.4 Å². The van der Waals surface area contributed by atoms with E-state index in [2.05, 4.69) is 15.2 Å². The minimum Gasteiger partial charge on any atom is -0.366 e. The summed E-state index contributed by atoms with van der Waals surface area (Å²) in [6.45, 7) is 0. The van der Waals surface area contributed by atoms with E-state index in [1.54, 1.807) is 18.2 Å². The predicted molar refractivity (Wildman–Crippen MR) is 56.3 cm³/mol. The van der Waals surface area contributed by atoms with Crippen LogP contribution in [0.5, 0.6) is 0 Å². The van der Waals surface area contributed by atoms with Crippen molar-refractivity contribution in [1.82, 2.24) is 15.2 Å². The highest BCUT2D eigenvalue weighted by molar-refractivity contribution is 6.38. The maximum Gasteiger partial charge on any atom is 0.239 e. The van der Waals surface area contributed by atoms with E-state index >= 15 is 0 Å². The first-order chi connectivity index (χ1) is 6.68. The molecule has 0 fully saturated rings. The third-order valence-electron chi connectivity index (χ3n) is 1.70. The van der Waals surface area contributed by atoms with Crippen LogP contribution in [-0.4, -0.2) is 15.2 Å². The van der Waals surface area contributed by atoms with Crippen LogP contribution in [0.4, 0.5) is 5.95 Å².